The van der Waals surface area contributed by atoms with E-state index < -0.39 is 23.1 Å². The van der Waals surface area contributed by atoms with Gasteiger partial charge in [-0.3, -0.25) is 14.2 Å². The van der Waals surface area contributed by atoms with Crippen molar-refractivity contribution in [2.45, 2.75) is 13.3 Å². The molecule has 2 N–H and O–H groups in total. The SMILES string of the molecule is CCc1nc2c(Oc3ccc(NC(=O)c4cccn(-c5ccc(F)cc5)c4=O)cc3F)c(-c3ccc(N(C)C)cc3)cnc2[nH]1. The molecule has 0 bridgehead atoms. The molecule has 0 unspecified atom stereocenters. The van der Waals surface area contributed by atoms with Gasteiger partial charge in [0.05, 0.1) is 0 Å². The first-order valence-electron chi connectivity index (χ1n) is 14.1. The topological polar surface area (TPSA) is 105 Å². The standard InChI is InChI=1S/C34H28F2N6O3/c1-4-29-39-30-31(26(19-37-32(30)40-29)20-7-12-23(13-8-20)41(2)3)45-28-16-11-22(18-27(28)36)38-33(43)25-6-5-17-42(34(25)44)24-14-9-21(35)10-15-24/h5-19H,4H2,1-3H3,(H,38,43)(H,37,39,40). The van der Waals surface area contributed by atoms with Gasteiger partial charge in [-0.2, -0.15) is 0 Å². The maximum Gasteiger partial charge on any atom is 0.267 e. The molecule has 226 valence electrons. The largest absolute Gasteiger partial charge is 0.451 e. The van der Waals surface area contributed by atoms with Crippen LogP contribution in [0.5, 0.6) is 11.5 Å². The minimum Gasteiger partial charge on any atom is -0.451 e. The Morgan fingerprint density at radius 2 is 1.78 bits per heavy atom. The van der Waals surface area contributed by atoms with Crippen LogP contribution in [0.25, 0.3) is 28.0 Å². The van der Waals surface area contributed by atoms with E-state index in [-0.39, 0.29) is 17.0 Å². The van der Waals surface area contributed by atoms with Crippen molar-refractivity contribution in [1.29, 1.82) is 0 Å². The molecule has 0 aliphatic carbocycles. The van der Waals surface area contributed by atoms with E-state index in [9.17, 15) is 14.0 Å². The highest BCUT2D eigenvalue weighted by Crippen LogP contribution is 2.39. The molecule has 0 atom stereocenters. The lowest BCUT2D eigenvalue weighted by Crippen LogP contribution is -2.27. The average molecular weight is 607 g/mol. The maximum atomic E-state index is 15.5. The Morgan fingerprint density at radius 3 is 2.47 bits per heavy atom. The molecule has 11 heteroatoms. The molecule has 3 aromatic carbocycles. The van der Waals surface area contributed by atoms with Crippen LogP contribution in [0.2, 0.25) is 0 Å². The molecule has 0 saturated heterocycles. The van der Waals surface area contributed by atoms with Gasteiger partial charge in [-0.1, -0.05) is 19.1 Å². The van der Waals surface area contributed by atoms with Crippen molar-refractivity contribution in [1.82, 2.24) is 19.5 Å². The fraction of sp³-hybridized carbons (Fsp3) is 0.118. The van der Waals surface area contributed by atoms with E-state index in [4.69, 9.17) is 4.74 Å². The number of H-pyrrole nitrogens is 1. The van der Waals surface area contributed by atoms with Gasteiger partial charge in [0.1, 0.15) is 17.2 Å². The van der Waals surface area contributed by atoms with Gasteiger partial charge in [0.2, 0.25) is 0 Å². The van der Waals surface area contributed by atoms with Gasteiger partial charge in [0.15, 0.2) is 28.5 Å². The highest BCUT2D eigenvalue weighted by atomic mass is 19.1. The molecule has 6 aromatic rings. The van der Waals surface area contributed by atoms with Gasteiger partial charge in [-0.05, 0) is 66.2 Å². The van der Waals surface area contributed by atoms with Crippen molar-refractivity contribution in [3.05, 3.63) is 125 Å². The molecule has 45 heavy (non-hydrogen) atoms. The number of pyridine rings is 2. The molecule has 0 saturated carbocycles. The van der Waals surface area contributed by atoms with Crippen LogP contribution >= 0.6 is 0 Å². The van der Waals surface area contributed by atoms with Crippen LogP contribution in [0, 0.1) is 11.6 Å². The zero-order valence-electron chi connectivity index (χ0n) is 24.6. The van der Waals surface area contributed by atoms with Gasteiger partial charge < -0.3 is 19.9 Å². The number of aromatic amines is 1. The van der Waals surface area contributed by atoms with Crippen LogP contribution in [-0.2, 0) is 6.42 Å². The summed E-state index contributed by atoms with van der Waals surface area (Å²) in [5.41, 5.74) is 3.14. The Morgan fingerprint density at radius 1 is 1.02 bits per heavy atom. The summed E-state index contributed by atoms with van der Waals surface area (Å²) in [7, 11) is 3.90. The summed E-state index contributed by atoms with van der Waals surface area (Å²) >= 11 is 0. The van der Waals surface area contributed by atoms with Crippen LogP contribution in [0.4, 0.5) is 20.2 Å². The fourth-order valence-corrected chi connectivity index (χ4v) is 4.84. The van der Waals surface area contributed by atoms with Crippen LogP contribution in [0.1, 0.15) is 23.1 Å². The summed E-state index contributed by atoms with van der Waals surface area (Å²) in [5.74, 6) is -0.975. The Kier molecular flexibility index (Phi) is 7.82. The number of rotatable bonds is 8. The first-order chi connectivity index (χ1) is 21.7. The number of halogens is 2. The molecule has 1 amide bonds. The minimum absolute atomic E-state index is 0.0916. The van der Waals surface area contributed by atoms with Crippen molar-refractivity contribution < 1.29 is 18.3 Å². The lowest BCUT2D eigenvalue weighted by molar-refractivity contribution is 0.102. The smallest absolute Gasteiger partial charge is 0.267 e. The summed E-state index contributed by atoms with van der Waals surface area (Å²) in [5, 5.41) is 2.57. The quantitative estimate of drug-likeness (QED) is 0.199. The van der Waals surface area contributed by atoms with Crippen molar-refractivity contribution in [3.8, 4) is 28.3 Å². The number of imidazole rings is 1. The molecular weight excluding hydrogens is 578 g/mol. The van der Waals surface area contributed by atoms with E-state index in [0.29, 0.717) is 40.4 Å². The number of fused-ring (bicyclic) bond motifs is 1. The monoisotopic (exact) mass is 606 g/mol. The number of ether oxygens (including phenoxy) is 1. The van der Waals surface area contributed by atoms with Gasteiger partial charge in [-0.25, -0.2) is 18.7 Å². The number of amides is 1. The van der Waals surface area contributed by atoms with E-state index in [2.05, 4.69) is 20.3 Å². The normalized spacial score (nSPS) is 11.0. The Labute approximate surface area is 256 Å². The van der Waals surface area contributed by atoms with Crippen LogP contribution < -0.4 is 20.5 Å². The molecular formula is C34H28F2N6O3. The molecule has 0 aliphatic rings. The number of anilines is 2. The third kappa shape index (κ3) is 5.87. The molecule has 0 aliphatic heterocycles. The number of carbonyl (C=O) groups is 1. The maximum absolute atomic E-state index is 15.5. The number of carbonyl (C=O) groups excluding carboxylic acids is 1. The number of nitrogens with one attached hydrogen (secondary N) is 2. The number of hydrogen-bond acceptors (Lipinski definition) is 6. The van der Waals surface area contributed by atoms with Crippen molar-refractivity contribution >= 4 is 28.4 Å². The lowest BCUT2D eigenvalue weighted by Gasteiger charge is -2.15. The minimum atomic E-state index is -0.741. The molecule has 6 rings (SSSR count). The highest BCUT2D eigenvalue weighted by molar-refractivity contribution is 6.04. The molecule has 0 spiro atoms. The molecule has 0 fully saturated rings. The summed E-state index contributed by atoms with van der Waals surface area (Å²) < 4.78 is 36.3. The van der Waals surface area contributed by atoms with Crippen molar-refractivity contribution in [3.63, 3.8) is 0 Å². The first-order valence-corrected chi connectivity index (χ1v) is 14.1. The number of aryl methyl sites for hydroxylation is 1. The number of hydrogen-bond donors (Lipinski definition) is 2. The fourth-order valence-electron chi connectivity index (χ4n) is 4.84. The number of benzene rings is 3. The number of nitrogens with zero attached hydrogens (tertiary/aromatic N) is 4. The zero-order chi connectivity index (χ0) is 31.7. The van der Waals surface area contributed by atoms with Crippen molar-refractivity contribution in [2.24, 2.45) is 0 Å². The van der Waals surface area contributed by atoms with E-state index >= 15 is 4.39 Å². The van der Waals surface area contributed by atoms with E-state index in [0.717, 1.165) is 17.3 Å². The molecule has 0 radical (unpaired) electrons. The summed E-state index contributed by atoms with van der Waals surface area (Å²) in [6.07, 6.45) is 3.77. The van der Waals surface area contributed by atoms with E-state index in [1.54, 1.807) is 6.20 Å². The van der Waals surface area contributed by atoms with Gasteiger partial charge in [-0.15, -0.1) is 0 Å². The second-order valence-corrected chi connectivity index (χ2v) is 10.5. The molecule has 9 nitrogen and oxygen atoms in total. The number of aromatic nitrogens is 4. The summed E-state index contributed by atoms with van der Waals surface area (Å²) in [6.45, 7) is 1.96. The van der Waals surface area contributed by atoms with Gasteiger partial charge >= 0.3 is 0 Å². The Balaban J connectivity index is 1.30. The van der Waals surface area contributed by atoms with E-state index in [1.165, 1.54) is 59.3 Å². The Bertz CT molecular complexity index is 2090. The highest BCUT2D eigenvalue weighted by Gasteiger charge is 2.20. The van der Waals surface area contributed by atoms with Crippen molar-refractivity contribution in [2.75, 3.05) is 24.3 Å². The summed E-state index contributed by atoms with van der Waals surface area (Å²) in [6, 6.07) is 20.0. The van der Waals surface area contributed by atoms with E-state index in [1.807, 2.05) is 50.2 Å². The van der Waals surface area contributed by atoms with Gasteiger partial charge in [0, 0.05) is 61.6 Å². The van der Waals surface area contributed by atoms with Gasteiger partial charge in [0.25, 0.3) is 11.5 Å². The van der Waals surface area contributed by atoms with Crippen LogP contribution in [-0.4, -0.2) is 39.5 Å². The van der Waals surface area contributed by atoms with Crippen LogP contribution in [0.3, 0.4) is 0 Å². The molecule has 3 aromatic heterocycles. The Hall–Kier alpha value is -5.84. The lowest BCUT2D eigenvalue weighted by atomic mass is 10.1. The summed E-state index contributed by atoms with van der Waals surface area (Å²) in [4.78, 5) is 40.4. The third-order valence-corrected chi connectivity index (χ3v) is 7.24. The van der Waals surface area contributed by atoms with Crippen LogP contribution in [0.15, 0.2) is 96.1 Å². The predicted octanol–water partition coefficient (Wildman–Crippen LogP) is 6.73. The molecule has 3 heterocycles. The third-order valence-electron chi connectivity index (χ3n) is 7.24. The zero-order valence-corrected chi connectivity index (χ0v) is 24.6. The second-order valence-electron chi connectivity index (χ2n) is 10.5. The predicted molar refractivity (Wildman–Crippen MR) is 169 cm³/mol. The first kappa shape index (κ1) is 29.2. The second kappa shape index (κ2) is 12.0. The average Bonchev–Trinajstić information content (AvgIpc) is 3.47.